The van der Waals surface area contributed by atoms with Crippen molar-refractivity contribution in [2.75, 3.05) is 19.7 Å². The minimum atomic E-state index is -0.00644. The van der Waals surface area contributed by atoms with Crippen LogP contribution in [-0.4, -0.2) is 36.2 Å². The van der Waals surface area contributed by atoms with E-state index in [2.05, 4.69) is 24.8 Å². The van der Waals surface area contributed by atoms with Crippen molar-refractivity contribution in [1.82, 2.24) is 4.90 Å². The predicted molar refractivity (Wildman–Crippen MR) is 75.4 cm³/mol. The second-order valence-corrected chi connectivity index (χ2v) is 6.13. The molecule has 2 rings (SSSR count). The number of hydrogen-bond acceptors (Lipinski definition) is 3. The molecule has 0 amide bonds. The molecule has 2 aliphatic heterocycles. The van der Waals surface area contributed by atoms with Crippen molar-refractivity contribution < 1.29 is 4.74 Å². The van der Waals surface area contributed by atoms with Crippen molar-refractivity contribution in [2.45, 2.75) is 64.0 Å². The molecule has 3 nitrogen and oxygen atoms in total. The topological polar surface area (TPSA) is 38.5 Å². The van der Waals surface area contributed by atoms with Gasteiger partial charge in [-0.3, -0.25) is 4.90 Å². The van der Waals surface area contributed by atoms with Crippen LogP contribution in [0.5, 0.6) is 0 Å². The van der Waals surface area contributed by atoms with Crippen LogP contribution in [-0.2, 0) is 4.74 Å². The average molecular weight is 252 g/mol. The molecule has 104 valence electrons. The van der Waals surface area contributed by atoms with Crippen molar-refractivity contribution in [1.29, 1.82) is 0 Å². The normalized spacial score (nSPS) is 24.9. The molecule has 3 heteroatoms. The summed E-state index contributed by atoms with van der Waals surface area (Å²) in [5, 5.41) is 0. The molecule has 1 fully saturated rings. The summed E-state index contributed by atoms with van der Waals surface area (Å²) in [4.78, 5) is 2.56. The molecule has 0 bridgehead atoms. The van der Waals surface area contributed by atoms with Crippen LogP contribution in [0.4, 0.5) is 0 Å². The lowest BCUT2D eigenvalue weighted by Crippen LogP contribution is -2.57. The van der Waals surface area contributed by atoms with Crippen LogP contribution in [0.25, 0.3) is 0 Å². The molecule has 1 atom stereocenters. The van der Waals surface area contributed by atoms with E-state index < -0.39 is 0 Å². The second-order valence-electron chi connectivity index (χ2n) is 6.13. The predicted octanol–water partition coefficient (Wildman–Crippen LogP) is 2.66. The molecule has 1 saturated heterocycles. The maximum Gasteiger partial charge on any atom is 0.111 e. The van der Waals surface area contributed by atoms with E-state index >= 15 is 0 Å². The van der Waals surface area contributed by atoms with Gasteiger partial charge in [0.2, 0.25) is 0 Å². The minimum Gasteiger partial charge on any atom is -0.497 e. The number of allylic oxidation sites excluding steroid dienone is 1. The van der Waals surface area contributed by atoms with Gasteiger partial charge in [0.15, 0.2) is 0 Å². The average Bonchev–Trinajstić information content (AvgIpc) is 2.68. The standard InChI is InChI=1S/C15H28N2O/c1-15(2,17-10-6-3-4-7-11-17)14(16)13-9-5-8-12-18-13/h9,14H,3-8,10-12,16H2,1-2H3. The first-order chi connectivity index (χ1) is 8.62. The highest BCUT2D eigenvalue weighted by atomic mass is 16.5. The van der Waals surface area contributed by atoms with Crippen molar-refractivity contribution in [3.05, 3.63) is 11.8 Å². The van der Waals surface area contributed by atoms with E-state index in [9.17, 15) is 0 Å². The van der Waals surface area contributed by atoms with Crippen molar-refractivity contribution >= 4 is 0 Å². The van der Waals surface area contributed by atoms with Gasteiger partial charge >= 0.3 is 0 Å². The first-order valence-electron chi connectivity index (χ1n) is 7.46. The van der Waals surface area contributed by atoms with E-state index in [1.54, 1.807) is 0 Å². The summed E-state index contributed by atoms with van der Waals surface area (Å²) in [5.41, 5.74) is 6.47. The zero-order chi connectivity index (χ0) is 13.0. The molecule has 0 aromatic rings. The Balaban J connectivity index is 2.05. The van der Waals surface area contributed by atoms with Gasteiger partial charge in [-0.15, -0.1) is 0 Å². The highest BCUT2D eigenvalue weighted by Gasteiger charge is 2.36. The molecule has 1 unspecified atom stereocenters. The molecule has 2 aliphatic rings. The van der Waals surface area contributed by atoms with Crippen LogP contribution in [0.3, 0.4) is 0 Å². The van der Waals surface area contributed by atoms with E-state index in [1.807, 2.05) is 0 Å². The Kier molecular flexibility index (Phi) is 4.68. The molecule has 0 saturated carbocycles. The Morgan fingerprint density at radius 2 is 1.83 bits per heavy atom. The molecule has 0 aliphatic carbocycles. The SMILES string of the molecule is CC(C)(C(N)C1=CCCCO1)N1CCCCCC1. The molecule has 0 spiro atoms. The van der Waals surface area contributed by atoms with Crippen LogP contribution >= 0.6 is 0 Å². The maximum absolute atomic E-state index is 6.47. The summed E-state index contributed by atoms with van der Waals surface area (Å²) in [6, 6.07) is -0.00380. The fourth-order valence-electron chi connectivity index (χ4n) is 2.99. The summed E-state index contributed by atoms with van der Waals surface area (Å²) in [6.07, 6.45) is 9.75. The van der Waals surface area contributed by atoms with Crippen LogP contribution in [0.1, 0.15) is 52.4 Å². The summed E-state index contributed by atoms with van der Waals surface area (Å²) in [5.74, 6) is 1.01. The van der Waals surface area contributed by atoms with E-state index in [1.165, 1.54) is 38.8 Å². The van der Waals surface area contributed by atoms with Gasteiger partial charge in [-0.05, 0) is 58.7 Å². The van der Waals surface area contributed by atoms with Gasteiger partial charge in [0, 0.05) is 5.54 Å². The lowest BCUT2D eigenvalue weighted by Gasteiger charge is -2.43. The molecule has 0 aromatic heterocycles. The van der Waals surface area contributed by atoms with E-state index in [-0.39, 0.29) is 11.6 Å². The largest absolute Gasteiger partial charge is 0.497 e. The fraction of sp³-hybridized carbons (Fsp3) is 0.867. The Hall–Kier alpha value is -0.540. The minimum absolute atomic E-state index is 0.00380. The zero-order valence-electron chi connectivity index (χ0n) is 12.0. The van der Waals surface area contributed by atoms with Gasteiger partial charge < -0.3 is 10.5 Å². The lowest BCUT2D eigenvalue weighted by atomic mass is 9.90. The van der Waals surface area contributed by atoms with Gasteiger partial charge in [0.25, 0.3) is 0 Å². The smallest absolute Gasteiger partial charge is 0.111 e. The number of rotatable bonds is 3. The van der Waals surface area contributed by atoms with Crippen LogP contribution in [0, 0.1) is 0 Å². The number of nitrogens with zero attached hydrogens (tertiary/aromatic N) is 1. The Morgan fingerprint density at radius 1 is 1.17 bits per heavy atom. The number of ether oxygens (including phenoxy) is 1. The third-order valence-electron chi connectivity index (χ3n) is 4.45. The molecule has 0 aromatic carbocycles. The maximum atomic E-state index is 6.47. The number of hydrogen-bond donors (Lipinski definition) is 1. The molecule has 2 heterocycles. The molecular weight excluding hydrogens is 224 g/mol. The van der Waals surface area contributed by atoms with Crippen LogP contribution in [0.2, 0.25) is 0 Å². The van der Waals surface area contributed by atoms with Crippen molar-refractivity contribution in [2.24, 2.45) is 5.73 Å². The monoisotopic (exact) mass is 252 g/mol. The summed E-state index contributed by atoms with van der Waals surface area (Å²) >= 11 is 0. The summed E-state index contributed by atoms with van der Waals surface area (Å²) in [6.45, 7) is 7.71. The van der Waals surface area contributed by atoms with Gasteiger partial charge in [-0.25, -0.2) is 0 Å². The van der Waals surface area contributed by atoms with Crippen molar-refractivity contribution in [3.8, 4) is 0 Å². The third-order valence-corrected chi connectivity index (χ3v) is 4.45. The number of likely N-dealkylation sites (tertiary alicyclic amines) is 1. The van der Waals surface area contributed by atoms with E-state index in [4.69, 9.17) is 10.5 Å². The lowest BCUT2D eigenvalue weighted by molar-refractivity contribution is 0.0735. The van der Waals surface area contributed by atoms with E-state index in [0.717, 1.165) is 25.2 Å². The zero-order valence-corrected chi connectivity index (χ0v) is 12.0. The first-order valence-corrected chi connectivity index (χ1v) is 7.46. The second kappa shape index (κ2) is 6.07. The fourth-order valence-corrected chi connectivity index (χ4v) is 2.99. The van der Waals surface area contributed by atoms with Crippen LogP contribution in [0.15, 0.2) is 11.8 Å². The van der Waals surface area contributed by atoms with E-state index in [0.29, 0.717) is 0 Å². The van der Waals surface area contributed by atoms with Crippen LogP contribution < -0.4 is 5.73 Å². The Bertz CT molecular complexity index is 291. The quantitative estimate of drug-likeness (QED) is 0.839. The molecular formula is C15H28N2O. The van der Waals surface area contributed by atoms with Gasteiger partial charge in [-0.2, -0.15) is 0 Å². The highest BCUT2D eigenvalue weighted by molar-refractivity contribution is 5.12. The Morgan fingerprint density at radius 3 is 2.39 bits per heavy atom. The van der Waals surface area contributed by atoms with Crippen molar-refractivity contribution in [3.63, 3.8) is 0 Å². The van der Waals surface area contributed by atoms with Gasteiger partial charge in [-0.1, -0.05) is 12.8 Å². The Labute approximate surface area is 111 Å². The van der Waals surface area contributed by atoms with Gasteiger partial charge in [0.1, 0.15) is 5.76 Å². The number of nitrogens with two attached hydrogens (primary N) is 1. The molecule has 0 radical (unpaired) electrons. The summed E-state index contributed by atoms with van der Waals surface area (Å²) in [7, 11) is 0. The third kappa shape index (κ3) is 3.07. The highest BCUT2D eigenvalue weighted by Crippen LogP contribution is 2.27. The van der Waals surface area contributed by atoms with Gasteiger partial charge in [0.05, 0.1) is 12.6 Å². The molecule has 18 heavy (non-hydrogen) atoms. The molecule has 2 N–H and O–H groups in total. The first kappa shape index (κ1) is 13.9. The summed E-state index contributed by atoms with van der Waals surface area (Å²) < 4.78 is 5.76.